The fourth-order valence-corrected chi connectivity index (χ4v) is 3.96. The highest BCUT2D eigenvalue weighted by Crippen LogP contribution is 2.28. The summed E-state index contributed by atoms with van der Waals surface area (Å²) in [6, 6.07) is 9.86. The van der Waals surface area contributed by atoms with Crippen molar-refractivity contribution >= 4 is 11.4 Å². The lowest BCUT2D eigenvalue weighted by molar-refractivity contribution is 0.0944. The van der Waals surface area contributed by atoms with Crippen LogP contribution in [0.5, 0.6) is 0 Å². The Labute approximate surface area is 203 Å². The van der Waals surface area contributed by atoms with Gasteiger partial charge in [0.15, 0.2) is 0 Å². The molecule has 0 aliphatic carbocycles. The van der Waals surface area contributed by atoms with Crippen LogP contribution in [0.15, 0.2) is 61.3 Å². The number of nitrogens with one attached hydrogen (secondary N) is 1. The topological polar surface area (TPSA) is 94.9 Å². The van der Waals surface area contributed by atoms with Gasteiger partial charge in [-0.05, 0) is 57.0 Å². The molecule has 178 valence electrons. The lowest BCUT2D eigenvalue weighted by Gasteiger charge is -2.18. The van der Waals surface area contributed by atoms with E-state index in [1.54, 1.807) is 27.8 Å². The first kappa shape index (κ1) is 22.5. The van der Waals surface area contributed by atoms with Gasteiger partial charge in [0.05, 0.1) is 41.0 Å². The number of fused-ring (bicyclic) bond motifs is 1. The molecule has 1 amide bonds. The second kappa shape index (κ2) is 8.50. The second-order valence-corrected chi connectivity index (χ2v) is 9.68. The largest absolute Gasteiger partial charge is 0.347 e. The van der Waals surface area contributed by atoms with E-state index in [-0.39, 0.29) is 11.4 Å². The van der Waals surface area contributed by atoms with Crippen LogP contribution in [0.3, 0.4) is 0 Å². The Morgan fingerprint density at radius 1 is 1.06 bits per heavy atom. The molecule has 0 saturated carbocycles. The van der Waals surface area contributed by atoms with Gasteiger partial charge in [-0.15, -0.1) is 0 Å². The molecule has 1 N–H and O–H groups in total. The van der Waals surface area contributed by atoms with Crippen LogP contribution in [0, 0.1) is 6.92 Å². The summed E-state index contributed by atoms with van der Waals surface area (Å²) in [6.45, 7) is 8.60. The van der Waals surface area contributed by atoms with Gasteiger partial charge in [-0.3, -0.25) is 14.2 Å². The van der Waals surface area contributed by atoms with Crippen molar-refractivity contribution in [3.05, 3.63) is 78.1 Å². The van der Waals surface area contributed by atoms with Crippen molar-refractivity contribution in [2.24, 2.45) is 7.05 Å². The smallest absolute Gasteiger partial charge is 0.272 e. The molecule has 0 saturated heterocycles. The number of benzene rings is 1. The third-order valence-electron chi connectivity index (χ3n) is 5.95. The molecule has 0 radical (unpaired) electrons. The molecule has 0 fully saturated rings. The minimum atomic E-state index is -0.191. The Hall–Kier alpha value is -4.27. The summed E-state index contributed by atoms with van der Waals surface area (Å²) in [5, 5.41) is 16.1. The van der Waals surface area contributed by atoms with E-state index >= 15 is 0 Å². The number of hydrogen-bond donors (Lipinski definition) is 1. The molecule has 9 nitrogen and oxygen atoms in total. The first-order valence-corrected chi connectivity index (χ1v) is 11.5. The fraction of sp³-hybridized carbons (Fsp3) is 0.269. The van der Waals surface area contributed by atoms with Crippen molar-refractivity contribution in [1.29, 1.82) is 0 Å². The van der Waals surface area contributed by atoms with Gasteiger partial charge in [0.2, 0.25) is 0 Å². The van der Waals surface area contributed by atoms with Gasteiger partial charge in [-0.25, -0.2) is 9.50 Å². The molecule has 0 atom stereocenters. The average molecular weight is 469 g/mol. The summed E-state index contributed by atoms with van der Waals surface area (Å²) in [4.78, 5) is 17.6. The van der Waals surface area contributed by atoms with Gasteiger partial charge in [-0.1, -0.05) is 12.1 Å². The molecule has 0 bridgehead atoms. The molecule has 4 heterocycles. The van der Waals surface area contributed by atoms with Gasteiger partial charge in [-0.2, -0.15) is 15.3 Å². The minimum Gasteiger partial charge on any atom is -0.347 e. The van der Waals surface area contributed by atoms with E-state index in [0.717, 1.165) is 39.2 Å². The zero-order valence-corrected chi connectivity index (χ0v) is 20.5. The first-order chi connectivity index (χ1) is 16.7. The molecule has 1 aromatic carbocycles. The predicted molar refractivity (Wildman–Crippen MR) is 134 cm³/mol. The third-order valence-corrected chi connectivity index (χ3v) is 5.95. The predicted octanol–water partition coefficient (Wildman–Crippen LogP) is 3.99. The van der Waals surface area contributed by atoms with E-state index in [2.05, 4.69) is 26.7 Å². The summed E-state index contributed by atoms with van der Waals surface area (Å²) in [5.41, 5.74) is 6.81. The summed E-state index contributed by atoms with van der Waals surface area (Å²) >= 11 is 0. The average Bonchev–Trinajstić information content (AvgIpc) is 3.57. The Balaban J connectivity index is 1.39. The van der Waals surface area contributed by atoms with Crippen LogP contribution in [0.4, 0.5) is 0 Å². The lowest BCUT2D eigenvalue weighted by atomic mass is 10.0. The fourth-order valence-electron chi connectivity index (χ4n) is 3.96. The Kier molecular flexibility index (Phi) is 5.47. The zero-order valence-electron chi connectivity index (χ0n) is 20.5. The first-order valence-electron chi connectivity index (χ1n) is 11.5. The number of hydrogen-bond acceptors (Lipinski definition) is 5. The maximum absolute atomic E-state index is 12.6. The SMILES string of the molecule is Cc1cc(-c2nc(-c3cnn(C)c3)cn3nccc23)ccc1CNC(=O)c1ccn(C(C)(C)C)n1. The molecule has 5 aromatic rings. The van der Waals surface area contributed by atoms with E-state index < -0.39 is 0 Å². The maximum atomic E-state index is 12.6. The highest BCUT2D eigenvalue weighted by molar-refractivity contribution is 5.92. The Bertz CT molecular complexity index is 1530. The number of aryl methyl sites for hydroxylation is 2. The van der Waals surface area contributed by atoms with E-state index in [0.29, 0.717) is 12.2 Å². The molecule has 4 aromatic heterocycles. The normalized spacial score (nSPS) is 11.8. The van der Waals surface area contributed by atoms with Crippen molar-refractivity contribution in [3.8, 4) is 22.5 Å². The number of nitrogens with zero attached hydrogens (tertiary/aromatic N) is 7. The number of aromatic nitrogens is 7. The number of amides is 1. The van der Waals surface area contributed by atoms with E-state index in [1.807, 2.05) is 76.0 Å². The van der Waals surface area contributed by atoms with E-state index in [9.17, 15) is 4.79 Å². The van der Waals surface area contributed by atoms with Gasteiger partial charge in [0.1, 0.15) is 5.69 Å². The third kappa shape index (κ3) is 4.44. The molecule has 0 spiro atoms. The van der Waals surface area contributed by atoms with Crippen LogP contribution in [-0.4, -0.2) is 40.1 Å². The highest BCUT2D eigenvalue weighted by atomic mass is 16.1. The van der Waals surface area contributed by atoms with Crippen LogP contribution in [0.2, 0.25) is 0 Å². The van der Waals surface area contributed by atoms with E-state index in [4.69, 9.17) is 4.98 Å². The van der Waals surface area contributed by atoms with Crippen LogP contribution < -0.4 is 5.32 Å². The standard InChI is InChI=1S/C26H28N8O/c1-17-12-18(6-7-19(17)13-27-25(35)21-9-11-34(31-21)26(2,3)4)24-23-8-10-28-33(23)16-22(30-24)20-14-29-32(5)15-20/h6-12,14-16H,13H2,1-5H3,(H,27,35). The van der Waals surface area contributed by atoms with Crippen LogP contribution >= 0.6 is 0 Å². The molecule has 35 heavy (non-hydrogen) atoms. The summed E-state index contributed by atoms with van der Waals surface area (Å²) < 4.78 is 5.39. The molecule has 0 aliphatic rings. The monoisotopic (exact) mass is 468 g/mol. The summed E-state index contributed by atoms with van der Waals surface area (Å²) in [5.74, 6) is -0.191. The molecule has 0 unspecified atom stereocenters. The number of carbonyl (C=O) groups excluding carboxylic acids is 1. The molecule has 0 aliphatic heterocycles. The van der Waals surface area contributed by atoms with Crippen LogP contribution in [0.1, 0.15) is 42.4 Å². The van der Waals surface area contributed by atoms with Gasteiger partial charge >= 0.3 is 0 Å². The summed E-state index contributed by atoms with van der Waals surface area (Å²) in [6.07, 6.45) is 9.24. The minimum absolute atomic E-state index is 0.172. The second-order valence-electron chi connectivity index (χ2n) is 9.68. The Morgan fingerprint density at radius 3 is 2.57 bits per heavy atom. The van der Waals surface area contributed by atoms with Crippen molar-refractivity contribution in [2.75, 3.05) is 0 Å². The van der Waals surface area contributed by atoms with Crippen molar-refractivity contribution in [2.45, 2.75) is 39.8 Å². The summed E-state index contributed by atoms with van der Waals surface area (Å²) in [7, 11) is 1.88. The number of carbonyl (C=O) groups is 1. The zero-order chi connectivity index (χ0) is 24.7. The molecular formula is C26H28N8O. The van der Waals surface area contributed by atoms with Crippen molar-refractivity contribution in [1.82, 2.24) is 39.5 Å². The van der Waals surface area contributed by atoms with Gasteiger partial charge < -0.3 is 5.32 Å². The van der Waals surface area contributed by atoms with Gasteiger partial charge in [0, 0.05) is 37.1 Å². The lowest BCUT2D eigenvalue weighted by Crippen LogP contribution is -2.26. The number of rotatable bonds is 5. The van der Waals surface area contributed by atoms with Crippen LogP contribution in [-0.2, 0) is 19.1 Å². The van der Waals surface area contributed by atoms with E-state index in [1.165, 1.54) is 0 Å². The maximum Gasteiger partial charge on any atom is 0.272 e. The van der Waals surface area contributed by atoms with Crippen molar-refractivity contribution < 1.29 is 4.79 Å². The molecule has 5 rings (SSSR count). The highest BCUT2D eigenvalue weighted by Gasteiger charge is 2.17. The molecule has 9 heteroatoms. The van der Waals surface area contributed by atoms with Crippen molar-refractivity contribution in [3.63, 3.8) is 0 Å². The van der Waals surface area contributed by atoms with Gasteiger partial charge in [0.25, 0.3) is 5.91 Å². The van der Waals surface area contributed by atoms with Crippen LogP contribution in [0.25, 0.3) is 28.0 Å². The Morgan fingerprint density at radius 2 is 1.89 bits per heavy atom. The molecular weight excluding hydrogens is 440 g/mol. The quantitative estimate of drug-likeness (QED) is 0.421.